The van der Waals surface area contributed by atoms with Crippen LogP contribution in [0.2, 0.25) is 0 Å². The van der Waals surface area contributed by atoms with Crippen LogP contribution in [0.3, 0.4) is 0 Å². The number of benzene rings is 2. The molecule has 5 heteroatoms. The molecule has 1 aliphatic heterocycles. The van der Waals surface area contributed by atoms with Gasteiger partial charge in [-0.15, -0.1) is 0 Å². The quantitative estimate of drug-likeness (QED) is 0.868. The van der Waals surface area contributed by atoms with Crippen LogP contribution in [0.1, 0.15) is 36.5 Å². The average Bonchev–Trinajstić information content (AvgIpc) is 2.92. The molecule has 4 nitrogen and oxygen atoms in total. The van der Waals surface area contributed by atoms with Crippen molar-refractivity contribution < 1.29 is 8.42 Å². The topological polar surface area (TPSA) is 49.4 Å². The molecule has 0 saturated carbocycles. The van der Waals surface area contributed by atoms with Gasteiger partial charge in [-0.1, -0.05) is 31.5 Å². The lowest BCUT2D eigenvalue weighted by Gasteiger charge is -2.10. The van der Waals surface area contributed by atoms with Gasteiger partial charge in [-0.05, 0) is 60.8 Å². The fourth-order valence-electron chi connectivity index (χ4n) is 3.06. The molecule has 0 aromatic heterocycles. The molecule has 0 amide bonds. The first-order chi connectivity index (χ1) is 11.5. The van der Waals surface area contributed by atoms with Crippen LogP contribution in [0, 0.1) is 0 Å². The van der Waals surface area contributed by atoms with Crippen molar-refractivity contribution in [3.63, 3.8) is 0 Å². The van der Waals surface area contributed by atoms with Gasteiger partial charge in [0.05, 0.1) is 4.90 Å². The average molecular weight is 344 g/mol. The lowest BCUT2D eigenvalue weighted by molar-refractivity contribution is 0.353. The van der Waals surface area contributed by atoms with Crippen molar-refractivity contribution >= 4 is 15.7 Å². The van der Waals surface area contributed by atoms with E-state index in [2.05, 4.69) is 23.6 Å². The number of anilines is 1. The number of fused-ring (bicyclic) bond motifs is 1. The molecule has 0 aliphatic carbocycles. The van der Waals surface area contributed by atoms with E-state index < -0.39 is 10.0 Å². The van der Waals surface area contributed by atoms with E-state index in [0.717, 1.165) is 32.4 Å². The lowest BCUT2D eigenvalue weighted by atomic mass is 10.1. The number of aryl methyl sites for hydroxylation is 1. The lowest BCUT2D eigenvalue weighted by Crippen LogP contribution is -2.13. The molecular weight excluding hydrogens is 320 g/mol. The van der Waals surface area contributed by atoms with Gasteiger partial charge >= 0.3 is 0 Å². The minimum Gasteiger partial charge on any atom is -0.298 e. The third-order valence-electron chi connectivity index (χ3n) is 4.39. The Morgan fingerprint density at radius 3 is 2.46 bits per heavy atom. The van der Waals surface area contributed by atoms with Crippen molar-refractivity contribution in [2.75, 3.05) is 11.8 Å². The van der Waals surface area contributed by atoms with Crippen LogP contribution >= 0.6 is 0 Å². The minimum absolute atomic E-state index is 0.306. The summed E-state index contributed by atoms with van der Waals surface area (Å²) in [5, 5.41) is 0. The van der Waals surface area contributed by atoms with Gasteiger partial charge in [0.15, 0.2) is 0 Å². The zero-order valence-electron chi connectivity index (χ0n) is 14.2. The number of nitrogens with zero attached hydrogens (tertiary/aromatic N) is 1. The largest absolute Gasteiger partial charge is 0.298 e. The van der Waals surface area contributed by atoms with E-state index in [9.17, 15) is 8.42 Å². The minimum atomic E-state index is -3.55. The van der Waals surface area contributed by atoms with Gasteiger partial charge in [0.25, 0.3) is 10.0 Å². The monoisotopic (exact) mass is 344 g/mol. The molecule has 128 valence electrons. The van der Waals surface area contributed by atoms with E-state index in [1.165, 1.54) is 16.7 Å². The summed E-state index contributed by atoms with van der Waals surface area (Å²) in [7, 11) is -1.49. The zero-order chi connectivity index (χ0) is 17.2. The summed E-state index contributed by atoms with van der Waals surface area (Å²) in [6.45, 7) is 3.93. The SMILES string of the molecule is CCCCc1ccc(S(=O)(=O)Nc2ccc3c(c2)CN(C)C3)cc1. The molecule has 0 bridgehead atoms. The Labute approximate surface area is 144 Å². The Morgan fingerprint density at radius 1 is 1.04 bits per heavy atom. The molecule has 2 aromatic rings. The number of sulfonamides is 1. The Morgan fingerprint density at radius 2 is 1.75 bits per heavy atom. The number of unbranched alkanes of at least 4 members (excludes halogenated alkanes) is 1. The van der Waals surface area contributed by atoms with Crippen molar-refractivity contribution in [2.24, 2.45) is 0 Å². The fourth-order valence-corrected chi connectivity index (χ4v) is 4.11. The maximum absolute atomic E-state index is 12.6. The molecule has 24 heavy (non-hydrogen) atoms. The second-order valence-electron chi connectivity index (χ2n) is 6.51. The van der Waals surface area contributed by atoms with Crippen LogP contribution in [-0.2, 0) is 29.5 Å². The molecule has 0 radical (unpaired) electrons. The normalized spacial score (nSPS) is 14.6. The third-order valence-corrected chi connectivity index (χ3v) is 5.79. The Hall–Kier alpha value is -1.85. The second kappa shape index (κ2) is 6.95. The van der Waals surface area contributed by atoms with Crippen molar-refractivity contribution in [1.29, 1.82) is 0 Å². The molecule has 1 heterocycles. The predicted octanol–water partition coefficient (Wildman–Crippen LogP) is 3.78. The first-order valence-corrected chi connectivity index (χ1v) is 9.88. The molecule has 0 saturated heterocycles. The summed E-state index contributed by atoms with van der Waals surface area (Å²) >= 11 is 0. The molecular formula is C19H24N2O2S. The van der Waals surface area contributed by atoms with Crippen molar-refractivity contribution in [3.05, 3.63) is 59.2 Å². The highest BCUT2D eigenvalue weighted by molar-refractivity contribution is 7.92. The Kier molecular flexibility index (Phi) is 4.92. The number of hydrogen-bond donors (Lipinski definition) is 1. The first-order valence-electron chi connectivity index (χ1n) is 8.40. The summed E-state index contributed by atoms with van der Waals surface area (Å²) in [5.74, 6) is 0. The van der Waals surface area contributed by atoms with E-state index >= 15 is 0 Å². The Bertz CT molecular complexity index is 814. The van der Waals surface area contributed by atoms with Gasteiger partial charge in [-0.25, -0.2) is 8.42 Å². The van der Waals surface area contributed by atoms with Crippen LogP contribution < -0.4 is 4.72 Å². The van der Waals surface area contributed by atoms with Gasteiger partial charge in [0, 0.05) is 18.8 Å². The molecule has 2 aromatic carbocycles. The van der Waals surface area contributed by atoms with Crippen LogP contribution in [-0.4, -0.2) is 20.4 Å². The smallest absolute Gasteiger partial charge is 0.261 e. The van der Waals surface area contributed by atoms with Gasteiger partial charge in [0.2, 0.25) is 0 Å². The van der Waals surface area contributed by atoms with Crippen LogP contribution in [0.5, 0.6) is 0 Å². The molecule has 1 aliphatic rings. The fraction of sp³-hybridized carbons (Fsp3) is 0.368. The van der Waals surface area contributed by atoms with Crippen molar-refractivity contribution in [1.82, 2.24) is 4.90 Å². The molecule has 0 fully saturated rings. The molecule has 3 rings (SSSR count). The van der Waals surface area contributed by atoms with E-state index in [0.29, 0.717) is 10.6 Å². The number of nitrogens with one attached hydrogen (secondary N) is 1. The highest BCUT2D eigenvalue weighted by Crippen LogP contribution is 2.26. The van der Waals surface area contributed by atoms with E-state index in [4.69, 9.17) is 0 Å². The third kappa shape index (κ3) is 3.79. The summed E-state index contributed by atoms with van der Waals surface area (Å²) < 4.78 is 27.8. The Balaban J connectivity index is 1.75. The summed E-state index contributed by atoms with van der Waals surface area (Å²) in [6.07, 6.45) is 3.24. The highest BCUT2D eigenvalue weighted by Gasteiger charge is 2.18. The summed E-state index contributed by atoms with van der Waals surface area (Å²) in [4.78, 5) is 2.51. The van der Waals surface area contributed by atoms with Gasteiger partial charge in [-0.3, -0.25) is 9.62 Å². The van der Waals surface area contributed by atoms with E-state index in [1.54, 1.807) is 12.1 Å². The number of hydrogen-bond acceptors (Lipinski definition) is 3. The van der Waals surface area contributed by atoms with Crippen molar-refractivity contribution in [2.45, 2.75) is 44.2 Å². The summed E-state index contributed by atoms with van der Waals surface area (Å²) in [6, 6.07) is 13.0. The standard InChI is InChI=1S/C19H24N2O2S/c1-3-4-5-15-6-10-19(11-7-15)24(22,23)20-18-9-8-16-13-21(2)14-17(16)12-18/h6-12,20H,3-5,13-14H2,1-2H3. The van der Waals surface area contributed by atoms with Crippen LogP contribution in [0.15, 0.2) is 47.4 Å². The van der Waals surface area contributed by atoms with Gasteiger partial charge in [0.1, 0.15) is 0 Å². The molecule has 1 N–H and O–H groups in total. The number of rotatable bonds is 6. The molecule has 0 spiro atoms. The highest BCUT2D eigenvalue weighted by atomic mass is 32.2. The van der Waals surface area contributed by atoms with E-state index in [-0.39, 0.29) is 0 Å². The molecule has 0 unspecified atom stereocenters. The van der Waals surface area contributed by atoms with Crippen LogP contribution in [0.4, 0.5) is 5.69 Å². The van der Waals surface area contributed by atoms with E-state index in [1.807, 2.05) is 30.3 Å². The zero-order valence-corrected chi connectivity index (χ0v) is 15.1. The van der Waals surface area contributed by atoms with Gasteiger partial charge < -0.3 is 0 Å². The van der Waals surface area contributed by atoms with Gasteiger partial charge in [-0.2, -0.15) is 0 Å². The predicted molar refractivity (Wildman–Crippen MR) is 97.5 cm³/mol. The maximum atomic E-state index is 12.6. The second-order valence-corrected chi connectivity index (χ2v) is 8.19. The van der Waals surface area contributed by atoms with Crippen molar-refractivity contribution in [3.8, 4) is 0 Å². The van der Waals surface area contributed by atoms with Crippen LogP contribution in [0.25, 0.3) is 0 Å². The maximum Gasteiger partial charge on any atom is 0.261 e. The summed E-state index contributed by atoms with van der Waals surface area (Å²) in [5.41, 5.74) is 4.25. The first kappa shape index (κ1) is 17.0. The molecule has 0 atom stereocenters.